The van der Waals surface area contributed by atoms with Crippen LogP contribution in [-0.2, 0) is 34.3 Å². The average Bonchev–Trinajstić information content (AvgIpc) is 3.24. The Morgan fingerprint density at radius 2 is 1.49 bits per heavy atom. The number of hydrogen-bond acceptors (Lipinski definition) is 3. The number of nitrogens with zero attached hydrogens (tertiary/aromatic N) is 1. The molecule has 0 saturated heterocycles. The molecule has 7 heteroatoms. The number of carbonyl (C=O) groups excluding carboxylic acids is 1. The number of fused-ring (bicyclic) bond motifs is 3. The highest BCUT2D eigenvalue weighted by Crippen LogP contribution is 2.31. The molecule has 4 aromatic carbocycles. The Balaban J connectivity index is 1.20. The van der Waals surface area contributed by atoms with Gasteiger partial charge in [-0.1, -0.05) is 60.7 Å². The first-order chi connectivity index (χ1) is 17.9. The first-order valence-electron chi connectivity index (χ1n) is 12.4. The van der Waals surface area contributed by atoms with Gasteiger partial charge in [0.15, 0.2) is 0 Å². The molecule has 0 saturated carbocycles. The number of hydrogen-bond donors (Lipinski definition) is 2. The van der Waals surface area contributed by atoms with Crippen LogP contribution < -0.4 is 10.0 Å². The highest BCUT2D eigenvalue weighted by atomic mass is 32.2. The molecular formula is C30H29N3O3S. The van der Waals surface area contributed by atoms with E-state index in [0.29, 0.717) is 12.8 Å². The Hall–Kier alpha value is -3.94. The van der Waals surface area contributed by atoms with Gasteiger partial charge in [0.1, 0.15) is 0 Å². The molecular weight excluding hydrogens is 482 g/mol. The number of para-hydroxylation sites is 1. The predicted molar refractivity (Wildman–Crippen MR) is 149 cm³/mol. The van der Waals surface area contributed by atoms with Gasteiger partial charge in [0.2, 0.25) is 15.9 Å². The number of anilines is 1. The number of aromatic nitrogens is 1. The second-order valence-corrected chi connectivity index (χ2v) is 10.8. The van der Waals surface area contributed by atoms with Crippen LogP contribution >= 0.6 is 0 Å². The molecule has 0 radical (unpaired) electrons. The van der Waals surface area contributed by atoms with Crippen molar-refractivity contribution in [2.75, 3.05) is 5.32 Å². The standard InChI is InChI=1S/C30H29N3O3S/c1-2-33-28-11-7-6-10-26(28)27-20-24(15-18-29(27)33)32-30(34)19-14-22-12-16-25(17-13-22)37(35,36)31-21-23-8-4-3-5-9-23/h3-13,15-18,20,31H,2,14,19,21H2,1H3,(H,32,34). The predicted octanol–water partition coefficient (Wildman–Crippen LogP) is 5.86. The highest BCUT2D eigenvalue weighted by molar-refractivity contribution is 7.89. The van der Waals surface area contributed by atoms with Gasteiger partial charge in [-0.3, -0.25) is 4.79 Å². The Bertz CT molecular complexity index is 1660. The molecule has 0 fully saturated rings. The molecule has 0 aliphatic heterocycles. The Kier molecular flexibility index (Phi) is 7.08. The topological polar surface area (TPSA) is 80.2 Å². The fourth-order valence-electron chi connectivity index (χ4n) is 4.65. The van der Waals surface area contributed by atoms with Gasteiger partial charge in [-0.05, 0) is 60.9 Å². The van der Waals surface area contributed by atoms with E-state index in [9.17, 15) is 13.2 Å². The van der Waals surface area contributed by atoms with Crippen molar-refractivity contribution in [3.05, 3.63) is 108 Å². The zero-order valence-electron chi connectivity index (χ0n) is 20.6. The van der Waals surface area contributed by atoms with E-state index < -0.39 is 10.0 Å². The molecule has 5 aromatic rings. The van der Waals surface area contributed by atoms with Crippen molar-refractivity contribution < 1.29 is 13.2 Å². The molecule has 0 bridgehead atoms. The molecule has 1 aromatic heterocycles. The Morgan fingerprint density at radius 1 is 0.784 bits per heavy atom. The zero-order chi connectivity index (χ0) is 25.8. The monoisotopic (exact) mass is 511 g/mol. The summed E-state index contributed by atoms with van der Waals surface area (Å²) in [5.74, 6) is -0.0835. The van der Waals surface area contributed by atoms with Crippen molar-refractivity contribution in [2.45, 2.75) is 37.8 Å². The van der Waals surface area contributed by atoms with Crippen molar-refractivity contribution in [1.82, 2.24) is 9.29 Å². The molecule has 1 amide bonds. The van der Waals surface area contributed by atoms with Gasteiger partial charge in [0.05, 0.1) is 4.90 Å². The fraction of sp³-hybridized carbons (Fsp3) is 0.167. The molecule has 6 nitrogen and oxygen atoms in total. The lowest BCUT2D eigenvalue weighted by molar-refractivity contribution is -0.116. The van der Waals surface area contributed by atoms with Gasteiger partial charge in [-0.2, -0.15) is 0 Å². The van der Waals surface area contributed by atoms with Gasteiger partial charge in [0, 0.05) is 47.0 Å². The van der Waals surface area contributed by atoms with E-state index in [1.807, 2.05) is 54.6 Å². The van der Waals surface area contributed by atoms with E-state index in [4.69, 9.17) is 0 Å². The van der Waals surface area contributed by atoms with Gasteiger partial charge >= 0.3 is 0 Å². The van der Waals surface area contributed by atoms with Gasteiger partial charge in [0.25, 0.3) is 0 Å². The summed E-state index contributed by atoms with van der Waals surface area (Å²) in [4.78, 5) is 12.9. The van der Waals surface area contributed by atoms with E-state index in [-0.39, 0.29) is 17.3 Å². The minimum atomic E-state index is -3.61. The molecule has 0 spiro atoms. The van der Waals surface area contributed by atoms with E-state index in [1.165, 1.54) is 10.9 Å². The number of nitrogens with one attached hydrogen (secondary N) is 2. The minimum absolute atomic E-state index is 0.0835. The van der Waals surface area contributed by atoms with Crippen molar-refractivity contribution in [3.63, 3.8) is 0 Å². The van der Waals surface area contributed by atoms with Crippen LogP contribution in [0.15, 0.2) is 102 Å². The maximum Gasteiger partial charge on any atom is 0.240 e. The second-order valence-electron chi connectivity index (χ2n) is 9.00. The van der Waals surface area contributed by atoms with Crippen molar-refractivity contribution in [1.29, 1.82) is 0 Å². The minimum Gasteiger partial charge on any atom is -0.341 e. The van der Waals surface area contributed by atoms with Crippen LogP contribution in [0.3, 0.4) is 0 Å². The molecule has 5 rings (SSSR count). The molecule has 37 heavy (non-hydrogen) atoms. The smallest absolute Gasteiger partial charge is 0.240 e. The third-order valence-corrected chi connectivity index (χ3v) is 7.97. The average molecular weight is 512 g/mol. The second kappa shape index (κ2) is 10.6. The normalized spacial score (nSPS) is 11.7. The summed E-state index contributed by atoms with van der Waals surface area (Å²) in [6.07, 6.45) is 0.814. The van der Waals surface area contributed by atoms with Gasteiger partial charge in [-0.25, -0.2) is 13.1 Å². The fourth-order valence-corrected chi connectivity index (χ4v) is 5.66. The lowest BCUT2D eigenvalue weighted by Gasteiger charge is -2.09. The maximum absolute atomic E-state index is 12.7. The van der Waals surface area contributed by atoms with Crippen LogP contribution in [0.2, 0.25) is 0 Å². The van der Waals surface area contributed by atoms with Crippen molar-refractivity contribution >= 4 is 43.4 Å². The van der Waals surface area contributed by atoms with Crippen molar-refractivity contribution in [3.8, 4) is 0 Å². The SMILES string of the molecule is CCn1c2ccccc2c2cc(NC(=O)CCc3ccc(S(=O)(=O)NCc4ccccc4)cc3)ccc21. The summed E-state index contributed by atoms with van der Waals surface area (Å²) in [6, 6.07) is 30.4. The third kappa shape index (κ3) is 5.43. The number of carbonyl (C=O) groups is 1. The molecule has 0 unspecified atom stereocenters. The molecule has 2 N–H and O–H groups in total. The summed E-state index contributed by atoms with van der Waals surface area (Å²) >= 11 is 0. The summed E-state index contributed by atoms with van der Waals surface area (Å²) in [6.45, 7) is 3.24. The van der Waals surface area contributed by atoms with E-state index >= 15 is 0 Å². The number of rotatable bonds is 9. The lowest BCUT2D eigenvalue weighted by Crippen LogP contribution is -2.23. The maximum atomic E-state index is 12.7. The number of amides is 1. The number of sulfonamides is 1. The quantitative estimate of drug-likeness (QED) is 0.260. The van der Waals surface area contributed by atoms with Crippen LogP contribution in [-0.4, -0.2) is 18.9 Å². The van der Waals surface area contributed by atoms with Gasteiger partial charge in [-0.15, -0.1) is 0 Å². The summed E-state index contributed by atoms with van der Waals surface area (Å²) in [7, 11) is -3.61. The molecule has 1 heterocycles. The van der Waals surface area contributed by atoms with Gasteiger partial charge < -0.3 is 9.88 Å². The largest absolute Gasteiger partial charge is 0.341 e. The number of aryl methyl sites for hydroxylation is 2. The Morgan fingerprint density at radius 3 is 2.24 bits per heavy atom. The van der Waals surface area contributed by atoms with Crippen LogP contribution in [0, 0.1) is 0 Å². The van der Waals surface area contributed by atoms with Crippen LogP contribution in [0.5, 0.6) is 0 Å². The zero-order valence-corrected chi connectivity index (χ0v) is 21.5. The summed E-state index contributed by atoms with van der Waals surface area (Å²) in [5, 5.41) is 5.30. The summed E-state index contributed by atoms with van der Waals surface area (Å²) in [5.41, 5.74) is 4.89. The van der Waals surface area contributed by atoms with Crippen LogP contribution in [0.25, 0.3) is 21.8 Å². The van der Waals surface area contributed by atoms with Crippen molar-refractivity contribution in [2.24, 2.45) is 0 Å². The first kappa shape index (κ1) is 24.7. The molecule has 0 aliphatic carbocycles. The van der Waals surface area contributed by atoms with E-state index in [1.54, 1.807) is 24.3 Å². The lowest BCUT2D eigenvalue weighted by atomic mass is 10.1. The highest BCUT2D eigenvalue weighted by Gasteiger charge is 2.14. The summed E-state index contributed by atoms with van der Waals surface area (Å²) < 4.78 is 30.1. The third-order valence-electron chi connectivity index (χ3n) is 6.56. The van der Waals surface area contributed by atoms with E-state index in [2.05, 4.69) is 39.7 Å². The van der Waals surface area contributed by atoms with Crippen LogP contribution in [0.4, 0.5) is 5.69 Å². The first-order valence-corrected chi connectivity index (χ1v) is 13.9. The molecule has 0 atom stereocenters. The molecule has 0 aliphatic rings. The van der Waals surface area contributed by atoms with E-state index in [0.717, 1.165) is 34.3 Å². The molecule has 188 valence electrons. The number of benzene rings is 4. The Labute approximate surface area is 217 Å². The van der Waals surface area contributed by atoms with Crippen LogP contribution in [0.1, 0.15) is 24.5 Å².